The van der Waals surface area contributed by atoms with Gasteiger partial charge in [0.1, 0.15) is 12.0 Å². The number of aliphatic hydroxyl groups is 1. The fourth-order valence-electron chi connectivity index (χ4n) is 2.99. The minimum atomic E-state index is -0.471. The fraction of sp³-hybridized carbons (Fsp3) is 0.600. The van der Waals surface area contributed by atoms with Gasteiger partial charge >= 0.3 is 0 Å². The van der Waals surface area contributed by atoms with E-state index >= 15 is 0 Å². The summed E-state index contributed by atoms with van der Waals surface area (Å²) in [6.07, 6.45) is 9.58. The van der Waals surface area contributed by atoms with Crippen LogP contribution in [0.1, 0.15) is 57.4 Å². The molecule has 6 heteroatoms. The molecule has 0 bridgehead atoms. The average molecular weight is 361 g/mol. The molecule has 0 saturated heterocycles. The Hall–Kier alpha value is -2.08. The summed E-state index contributed by atoms with van der Waals surface area (Å²) in [6.45, 7) is 3.79. The number of anilines is 1. The molecule has 1 aromatic carbocycles. The number of ether oxygens (including phenoxy) is 1. The van der Waals surface area contributed by atoms with E-state index in [0.717, 1.165) is 80.8 Å². The summed E-state index contributed by atoms with van der Waals surface area (Å²) < 4.78 is 5.81. The quantitative estimate of drug-likeness (QED) is 0.306. The second kappa shape index (κ2) is 11.5. The van der Waals surface area contributed by atoms with Gasteiger partial charge in [-0.1, -0.05) is 26.2 Å². The molecule has 1 aliphatic heterocycles. The van der Waals surface area contributed by atoms with Crippen LogP contribution >= 0.6 is 0 Å². The number of nitrogens with zero attached hydrogens (tertiary/aromatic N) is 1. The maximum Gasteiger partial charge on any atom is 0.128 e. The SMILES string of the molecule is CCCC/C(=C/NCCCCCCOc1ccc2c(c1)CC(O)N2)N=N. The first-order valence-corrected chi connectivity index (χ1v) is 9.73. The van der Waals surface area contributed by atoms with Gasteiger partial charge in [0.2, 0.25) is 0 Å². The number of allylic oxidation sites excluding steroid dienone is 1. The van der Waals surface area contributed by atoms with Crippen LogP contribution in [0.25, 0.3) is 0 Å². The predicted octanol–water partition coefficient (Wildman–Crippen LogP) is 4.56. The third-order valence-corrected chi connectivity index (χ3v) is 4.50. The lowest BCUT2D eigenvalue weighted by atomic mass is 10.1. The number of unbranched alkanes of at least 4 members (excludes halogenated alkanes) is 4. The van der Waals surface area contributed by atoms with Crippen LogP contribution in [0, 0.1) is 5.53 Å². The van der Waals surface area contributed by atoms with Crippen LogP contribution in [0.5, 0.6) is 5.75 Å². The standard InChI is InChI=1S/C20H32N4O2/c1-2-3-8-17(24-21)15-22-11-6-4-5-7-12-26-18-9-10-19-16(13-18)14-20(25)23-19/h9-10,13,15,20-23,25H,2-8,11-12,14H2,1H3/b17-15-,24-21?. The summed E-state index contributed by atoms with van der Waals surface area (Å²) in [7, 11) is 0. The molecule has 1 unspecified atom stereocenters. The van der Waals surface area contributed by atoms with Crippen molar-refractivity contribution in [2.75, 3.05) is 18.5 Å². The Bertz CT molecular complexity index is 589. The summed E-state index contributed by atoms with van der Waals surface area (Å²) in [5, 5.41) is 19.4. The molecule has 1 heterocycles. The van der Waals surface area contributed by atoms with Crippen molar-refractivity contribution in [3.63, 3.8) is 0 Å². The van der Waals surface area contributed by atoms with Crippen LogP contribution in [-0.4, -0.2) is 24.5 Å². The first kappa shape index (κ1) is 20.2. The van der Waals surface area contributed by atoms with Crippen LogP contribution in [0.3, 0.4) is 0 Å². The van der Waals surface area contributed by atoms with Crippen molar-refractivity contribution >= 4 is 5.69 Å². The topological polar surface area (TPSA) is 89.7 Å². The zero-order valence-corrected chi connectivity index (χ0v) is 15.8. The average Bonchev–Trinajstić information content (AvgIpc) is 3.02. The van der Waals surface area contributed by atoms with Crippen molar-refractivity contribution in [1.29, 1.82) is 5.53 Å². The van der Waals surface area contributed by atoms with Crippen molar-refractivity contribution in [2.45, 2.75) is 64.5 Å². The van der Waals surface area contributed by atoms with Crippen molar-refractivity contribution in [3.05, 3.63) is 35.7 Å². The fourth-order valence-corrected chi connectivity index (χ4v) is 2.99. The van der Waals surface area contributed by atoms with E-state index in [1.165, 1.54) is 0 Å². The minimum absolute atomic E-state index is 0.471. The van der Waals surface area contributed by atoms with Crippen molar-refractivity contribution < 1.29 is 9.84 Å². The van der Waals surface area contributed by atoms with Gasteiger partial charge < -0.3 is 20.5 Å². The summed E-state index contributed by atoms with van der Waals surface area (Å²) in [4.78, 5) is 0. The lowest BCUT2D eigenvalue weighted by molar-refractivity contribution is 0.212. The molecular weight excluding hydrogens is 328 g/mol. The van der Waals surface area contributed by atoms with Crippen molar-refractivity contribution in [1.82, 2.24) is 5.32 Å². The highest BCUT2D eigenvalue weighted by Gasteiger charge is 2.18. The van der Waals surface area contributed by atoms with Crippen LogP contribution in [-0.2, 0) is 6.42 Å². The molecule has 0 spiro atoms. The number of nitrogens with one attached hydrogen (secondary N) is 3. The lowest BCUT2D eigenvalue weighted by Crippen LogP contribution is -2.12. The molecule has 0 radical (unpaired) electrons. The van der Waals surface area contributed by atoms with Gasteiger partial charge in [0, 0.05) is 24.9 Å². The summed E-state index contributed by atoms with van der Waals surface area (Å²) in [5.74, 6) is 0.880. The van der Waals surface area contributed by atoms with Crippen molar-refractivity contribution in [3.8, 4) is 5.75 Å². The van der Waals surface area contributed by atoms with E-state index in [1.54, 1.807) is 0 Å². The van der Waals surface area contributed by atoms with Crippen molar-refractivity contribution in [2.24, 2.45) is 5.11 Å². The number of rotatable bonds is 13. The predicted molar refractivity (Wildman–Crippen MR) is 104 cm³/mol. The molecule has 0 amide bonds. The molecule has 4 N–H and O–H groups in total. The van der Waals surface area contributed by atoms with Crippen LogP contribution in [0.4, 0.5) is 5.69 Å². The molecule has 0 aromatic heterocycles. The Labute approximate surface area is 156 Å². The van der Waals surface area contributed by atoms with E-state index in [0.29, 0.717) is 6.42 Å². The van der Waals surface area contributed by atoms with Gasteiger partial charge in [-0.25, -0.2) is 5.53 Å². The highest BCUT2D eigenvalue weighted by Crippen LogP contribution is 2.28. The third-order valence-electron chi connectivity index (χ3n) is 4.50. The molecule has 0 aliphatic carbocycles. The van der Waals surface area contributed by atoms with E-state index in [2.05, 4.69) is 22.7 Å². The minimum Gasteiger partial charge on any atom is -0.494 e. The monoisotopic (exact) mass is 360 g/mol. The molecule has 6 nitrogen and oxygen atoms in total. The Morgan fingerprint density at radius 2 is 2.19 bits per heavy atom. The maximum atomic E-state index is 9.58. The van der Waals surface area contributed by atoms with Gasteiger partial charge in [-0.15, -0.1) is 0 Å². The first-order chi connectivity index (χ1) is 12.7. The van der Waals surface area contributed by atoms with E-state index in [9.17, 15) is 5.11 Å². The summed E-state index contributed by atoms with van der Waals surface area (Å²) in [6, 6.07) is 5.94. The highest BCUT2D eigenvalue weighted by molar-refractivity contribution is 5.58. The number of hydrogen-bond donors (Lipinski definition) is 4. The van der Waals surface area contributed by atoms with Gasteiger partial charge in [-0.3, -0.25) is 0 Å². The molecule has 1 aromatic rings. The van der Waals surface area contributed by atoms with Gasteiger partial charge in [-0.2, -0.15) is 5.11 Å². The summed E-state index contributed by atoms with van der Waals surface area (Å²) >= 11 is 0. The third kappa shape index (κ3) is 7.04. The normalized spacial score (nSPS) is 16.1. The maximum absolute atomic E-state index is 9.58. The number of hydrogen-bond acceptors (Lipinski definition) is 6. The zero-order chi connectivity index (χ0) is 18.6. The van der Waals surface area contributed by atoms with E-state index in [4.69, 9.17) is 10.3 Å². The first-order valence-electron chi connectivity index (χ1n) is 9.73. The van der Waals surface area contributed by atoms with Gasteiger partial charge in [-0.05, 0) is 49.4 Å². The van der Waals surface area contributed by atoms with E-state index in [1.807, 2.05) is 24.4 Å². The molecule has 0 saturated carbocycles. The van der Waals surface area contributed by atoms with Gasteiger partial charge in [0.15, 0.2) is 0 Å². The van der Waals surface area contributed by atoms with Crippen LogP contribution in [0.15, 0.2) is 35.2 Å². The molecule has 0 fully saturated rings. The molecule has 1 atom stereocenters. The molecule has 2 rings (SSSR count). The Kier molecular flexibility index (Phi) is 8.96. The van der Waals surface area contributed by atoms with Crippen LogP contribution < -0.4 is 15.4 Å². The lowest BCUT2D eigenvalue weighted by Gasteiger charge is -2.08. The largest absolute Gasteiger partial charge is 0.494 e. The smallest absolute Gasteiger partial charge is 0.128 e. The molecule has 144 valence electrons. The van der Waals surface area contributed by atoms with Gasteiger partial charge in [0.25, 0.3) is 0 Å². The summed E-state index contributed by atoms with van der Waals surface area (Å²) in [5.41, 5.74) is 10.1. The zero-order valence-electron chi connectivity index (χ0n) is 15.8. The Morgan fingerprint density at radius 3 is 3.00 bits per heavy atom. The molecule has 1 aliphatic rings. The number of aliphatic hydroxyl groups excluding tert-OH is 1. The second-order valence-corrected chi connectivity index (χ2v) is 6.75. The van der Waals surface area contributed by atoms with Gasteiger partial charge in [0.05, 0.1) is 12.3 Å². The van der Waals surface area contributed by atoms with E-state index in [-0.39, 0.29) is 0 Å². The number of fused-ring (bicyclic) bond motifs is 1. The Balaban J connectivity index is 1.50. The second-order valence-electron chi connectivity index (χ2n) is 6.75. The molecular formula is C20H32N4O2. The number of benzene rings is 1. The van der Waals surface area contributed by atoms with Crippen LogP contribution in [0.2, 0.25) is 0 Å². The highest BCUT2D eigenvalue weighted by atomic mass is 16.5. The Morgan fingerprint density at radius 1 is 1.35 bits per heavy atom. The molecule has 26 heavy (non-hydrogen) atoms. The van der Waals surface area contributed by atoms with E-state index < -0.39 is 6.23 Å².